The van der Waals surface area contributed by atoms with Crippen molar-refractivity contribution in [3.05, 3.63) is 88.3 Å². The number of amides is 2. The molecule has 0 bridgehead atoms. The summed E-state index contributed by atoms with van der Waals surface area (Å²) < 4.78 is 0. The fourth-order valence-electron chi connectivity index (χ4n) is 4.63. The third-order valence-electron chi connectivity index (χ3n) is 5.96. The SMILES string of the molecule is CC1(C)CC(=O)C2=C(C1)Nc1ccccc1N(C(=O)Nc1ccccc1)[C@H]2c1cccs1. The predicted octanol–water partition coefficient (Wildman–Crippen LogP) is 6.60. The highest BCUT2D eigenvalue weighted by molar-refractivity contribution is 7.10. The molecule has 162 valence electrons. The monoisotopic (exact) mass is 443 g/mol. The lowest BCUT2D eigenvalue weighted by molar-refractivity contribution is -0.118. The van der Waals surface area contributed by atoms with E-state index in [1.165, 1.54) is 0 Å². The molecular formula is C26H25N3O2S. The van der Waals surface area contributed by atoms with E-state index < -0.39 is 6.04 Å². The standard InChI is InChI=1S/C26H25N3O2S/c1-26(2)15-19-23(21(30)16-26)24(22-13-8-14-32-22)29(20-12-7-6-11-18(20)28-19)25(31)27-17-9-4-3-5-10-17/h3-14,24,28H,15-16H2,1-2H3,(H,27,31)/t24-/m0/s1. The number of hydrogen-bond acceptors (Lipinski definition) is 4. The van der Waals surface area contributed by atoms with Gasteiger partial charge in [0.2, 0.25) is 0 Å². The zero-order valence-electron chi connectivity index (χ0n) is 18.1. The van der Waals surface area contributed by atoms with E-state index in [2.05, 4.69) is 24.5 Å². The number of nitrogens with one attached hydrogen (secondary N) is 2. The Bertz CT molecular complexity index is 1200. The lowest BCUT2D eigenvalue weighted by Gasteiger charge is -2.36. The summed E-state index contributed by atoms with van der Waals surface area (Å²) in [6, 6.07) is 20.4. The number of rotatable bonds is 2. The van der Waals surface area contributed by atoms with Crippen molar-refractivity contribution in [1.82, 2.24) is 0 Å². The normalized spacial score (nSPS) is 19.5. The molecule has 0 unspecified atom stereocenters. The van der Waals surface area contributed by atoms with Crippen LogP contribution in [-0.4, -0.2) is 11.8 Å². The molecule has 5 nitrogen and oxygen atoms in total. The van der Waals surface area contributed by atoms with Crippen LogP contribution in [0.25, 0.3) is 0 Å². The lowest BCUT2D eigenvalue weighted by atomic mass is 9.74. The number of allylic oxidation sites excluding steroid dienone is 1. The largest absolute Gasteiger partial charge is 0.357 e. The van der Waals surface area contributed by atoms with E-state index in [1.807, 2.05) is 72.1 Å². The van der Waals surface area contributed by atoms with Crippen LogP contribution < -0.4 is 15.5 Å². The molecular weight excluding hydrogens is 418 g/mol. The number of urea groups is 1. The third-order valence-corrected chi connectivity index (χ3v) is 6.88. The number of carbonyl (C=O) groups is 2. The number of anilines is 3. The van der Waals surface area contributed by atoms with Crippen molar-refractivity contribution in [1.29, 1.82) is 0 Å². The van der Waals surface area contributed by atoms with Gasteiger partial charge in [0.05, 0.1) is 11.4 Å². The topological polar surface area (TPSA) is 61.4 Å². The molecule has 0 fully saturated rings. The minimum Gasteiger partial charge on any atom is -0.357 e. The van der Waals surface area contributed by atoms with Crippen molar-refractivity contribution in [3.63, 3.8) is 0 Å². The Kier molecular flexibility index (Phi) is 5.10. The fourth-order valence-corrected chi connectivity index (χ4v) is 5.46. The van der Waals surface area contributed by atoms with E-state index in [-0.39, 0.29) is 17.2 Å². The summed E-state index contributed by atoms with van der Waals surface area (Å²) in [5, 5.41) is 8.55. The quantitative estimate of drug-likeness (QED) is 0.469. The van der Waals surface area contributed by atoms with E-state index >= 15 is 0 Å². The Morgan fingerprint density at radius 1 is 1.03 bits per heavy atom. The minimum atomic E-state index is -0.492. The second-order valence-electron chi connectivity index (χ2n) is 9.06. The number of carbonyl (C=O) groups excluding carboxylic acids is 2. The van der Waals surface area contributed by atoms with Gasteiger partial charge in [-0.2, -0.15) is 0 Å². The van der Waals surface area contributed by atoms with Crippen LogP contribution in [0.1, 0.15) is 37.6 Å². The Labute approximate surface area is 191 Å². The number of hydrogen-bond donors (Lipinski definition) is 2. The Morgan fingerprint density at radius 3 is 2.53 bits per heavy atom. The van der Waals surface area contributed by atoms with Gasteiger partial charge in [-0.1, -0.05) is 50.2 Å². The number of Topliss-reactive ketones (excluding diaryl/α,β-unsaturated/α-hetero) is 1. The highest BCUT2D eigenvalue weighted by Gasteiger charge is 2.43. The van der Waals surface area contributed by atoms with Crippen molar-refractivity contribution in [2.24, 2.45) is 5.41 Å². The van der Waals surface area contributed by atoms with Crippen LogP contribution in [-0.2, 0) is 4.79 Å². The summed E-state index contributed by atoms with van der Waals surface area (Å²) in [6.07, 6.45) is 1.21. The van der Waals surface area contributed by atoms with Gasteiger partial charge in [-0.3, -0.25) is 9.69 Å². The summed E-state index contributed by atoms with van der Waals surface area (Å²) in [5.41, 5.74) is 3.74. The van der Waals surface area contributed by atoms with Gasteiger partial charge < -0.3 is 10.6 Å². The Balaban J connectivity index is 1.70. The zero-order valence-corrected chi connectivity index (χ0v) is 18.9. The summed E-state index contributed by atoms with van der Waals surface area (Å²) in [5.74, 6) is 0.0902. The third kappa shape index (κ3) is 3.71. The lowest BCUT2D eigenvalue weighted by Crippen LogP contribution is -2.41. The molecule has 1 aromatic heterocycles. The van der Waals surface area contributed by atoms with Gasteiger partial charge >= 0.3 is 6.03 Å². The first-order chi connectivity index (χ1) is 15.4. The van der Waals surface area contributed by atoms with Crippen LogP contribution in [0.2, 0.25) is 0 Å². The molecule has 1 atom stereocenters. The van der Waals surface area contributed by atoms with E-state index in [9.17, 15) is 9.59 Å². The Hall–Kier alpha value is -3.38. The number of benzene rings is 2. The molecule has 2 N–H and O–H groups in total. The van der Waals surface area contributed by atoms with Gasteiger partial charge in [-0.15, -0.1) is 11.3 Å². The first kappa shape index (κ1) is 20.5. The van der Waals surface area contributed by atoms with Crippen molar-refractivity contribution >= 4 is 40.2 Å². The molecule has 0 radical (unpaired) electrons. The first-order valence-electron chi connectivity index (χ1n) is 10.7. The van der Waals surface area contributed by atoms with E-state index in [0.29, 0.717) is 17.7 Å². The van der Waals surface area contributed by atoms with Gasteiger partial charge in [0.25, 0.3) is 0 Å². The molecule has 32 heavy (non-hydrogen) atoms. The van der Waals surface area contributed by atoms with Crippen LogP contribution >= 0.6 is 11.3 Å². The number of fused-ring (bicyclic) bond motifs is 1. The van der Waals surface area contributed by atoms with Crippen LogP contribution in [0.3, 0.4) is 0 Å². The van der Waals surface area contributed by atoms with Crippen LogP contribution in [0.15, 0.2) is 83.4 Å². The van der Waals surface area contributed by atoms with Crippen molar-refractivity contribution < 1.29 is 9.59 Å². The van der Waals surface area contributed by atoms with Crippen molar-refractivity contribution in [3.8, 4) is 0 Å². The second kappa shape index (κ2) is 7.95. The van der Waals surface area contributed by atoms with Crippen LogP contribution in [0, 0.1) is 5.41 Å². The fraction of sp³-hybridized carbons (Fsp3) is 0.231. The highest BCUT2D eigenvalue weighted by atomic mass is 32.1. The molecule has 2 aliphatic rings. The number of ketones is 1. The van der Waals surface area contributed by atoms with Gasteiger partial charge in [0, 0.05) is 28.3 Å². The zero-order chi connectivity index (χ0) is 22.3. The van der Waals surface area contributed by atoms with E-state index in [0.717, 1.165) is 28.4 Å². The molecule has 2 heterocycles. The van der Waals surface area contributed by atoms with Gasteiger partial charge in [0.15, 0.2) is 5.78 Å². The summed E-state index contributed by atoms with van der Waals surface area (Å²) in [6.45, 7) is 4.24. The van der Waals surface area contributed by atoms with Gasteiger partial charge in [-0.25, -0.2) is 4.79 Å². The smallest absolute Gasteiger partial charge is 0.327 e. The molecule has 1 aliphatic carbocycles. The second-order valence-corrected chi connectivity index (χ2v) is 10.0. The van der Waals surface area contributed by atoms with E-state index in [1.54, 1.807) is 16.2 Å². The summed E-state index contributed by atoms with van der Waals surface area (Å²) in [7, 11) is 0. The summed E-state index contributed by atoms with van der Waals surface area (Å²) >= 11 is 1.56. The average Bonchev–Trinajstić information content (AvgIpc) is 3.23. The number of nitrogens with zero attached hydrogens (tertiary/aromatic N) is 1. The van der Waals surface area contributed by atoms with Crippen LogP contribution in [0.4, 0.5) is 21.9 Å². The van der Waals surface area contributed by atoms with Gasteiger partial charge in [0.1, 0.15) is 6.04 Å². The Morgan fingerprint density at radius 2 is 1.78 bits per heavy atom. The minimum absolute atomic E-state index is 0.0902. The maximum absolute atomic E-state index is 13.8. The van der Waals surface area contributed by atoms with Crippen molar-refractivity contribution in [2.45, 2.75) is 32.7 Å². The molecule has 1 aliphatic heterocycles. The van der Waals surface area contributed by atoms with Gasteiger partial charge in [-0.05, 0) is 47.5 Å². The number of para-hydroxylation sites is 3. The predicted molar refractivity (Wildman–Crippen MR) is 130 cm³/mol. The molecule has 0 spiro atoms. The average molecular weight is 444 g/mol. The molecule has 0 saturated carbocycles. The molecule has 6 heteroatoms. The molecule has 5 rings (SSSR count). The maximum Gasteiger partial charge on any atom is 0.327 e. The first-order valence-corrected chi connectivity index (χ1v) is 11.6. The molecule has 0 saturated heterocycles. The summed E-state index contributed by atoms with van der Waals surface area (Å²) in [4.78, 5) is 30.0. The van der Waals surface area contributed by atoms with Crippen LogP contribution in [0.5, 0.6) is 0 Å². The molecule has 2 aromatic carbocycles. The molecule has 3 aromatic rings. The molecule has 2 amide bonds. The number of thiophene rings is 1. The highest BCUT2D eigenvalue weighted by Crippen LogP contribution is 2.49. The van der Waals surface area contributed by atoms with Crippen molar-refractivity contribution in [2.75, 3.05) is 15.5 Å². The van der Waals surface area contributed by atoms with E-state index in [4.69, 9.17) is 0 Å². The maximum atomic E-state index is 13.8.